The second-order valence-electron chi connectivity index (χ2n) is 6.45. The highest BCUT2D eigenvalue weighted by molar-refractivity contribution is 5.76. The third-order valence-electron chi connectivity index (χ3n) is 4.91. The molecule has 5 nitrogen and oxygen atoms in total. The molecular weight excluding hydrogens is 302 g/mol. The molecule has 3 rings (SSSR count). The van der Waals surface area contributed by atoms with Crippen molar-refractivity contribution in [3.63, 3.8) is 0 Å². The summed E-state index contributed by atoms with van der Waals surface area (Å²) in [5.74, 6) is 4.05. The van der Waals surface area contributed by atoms with Crippen LogP contribution in [0.1, 0.15) is 43.6 Å². The zero-order chi connectivity index (χ0) is 17.0. The average Bonchev–Trinajstić information content (AvgIpc) is 3.22. The topological polar surface area (TPSA) is 54.3 Å². The molecule has 2 heterocycles. The first-order chi connectivity index (χ1) is 11.7. The van der Waals surface area contributed by atoms with Crippen molar-refractivity contribution in [1.82, 2.24) is 4.90 Å². The van der Waals surface area contributed by atoms with Crippen molar-refractivity contribution in [2.24, 2.45) is 10.2 Å². The molecule has 1 fully saturated rings. The van der Waals surface area contributed by atoms with Gasteiger partial charge in [-0.25, -0.2) is 0 Å². The fourth-order valence-electron chi connectivity index (χ4n) is 3.38. The van der Waals surface area contributed by atoms with Crippen LogP contribution in [0.15, 0.2) is 34.5 Å². The second-order valence-corrected chi connectivity index (χ2v) is 6.45. The zero-order valence-corrected chi connectivity index (χ0v) is 14.1. The number of likely N-dealkylation sites (tertiary alicyclic amines) is 1. The highest BCUT2D eigenvalue weighted by Gasteiger charge is 2.40. The Bertz CT molecular complexity index is 671. The molecule has 0 spiro atoms. The number of ether oxygens (including phenoxy) is 1. The Morgan fingerprint density at radius 1 is 1.42 bits per heavy atom. The second kappa shape index (κ2) is 7.04. The van der Waals surface area contributed by atoms with Crippen molar-refractivity contribution in [2.75, 3.05) is 20.2 Å². The summed E-state index contributed by atoms with van der Waals surface area (Å²) in [5.41, 5.74) is 0.817. The van der Waals surface area contributed by atoms with Gasteiger partial charge in [-0.1, -0.05) is 18.2 Å². The first-order valence-corrected chi connectivity index (χ1v) is 8.46. The minimum atomic E-state index is -0.371. The predicted octanol–water partition coefficient (Wildman–Crippen LogP) is 3.37. The lowest BCUT2D eigenvalue weighted by Crippen LogP contribution is -2.29. The number of methoxy groups -OCH3 is 1. The highest BCUT2D eigenvalue weighted by Crippen LogP contribution is 2.38. The van der Waals surface area contributed by atoms with E-state index in [9.17, 15) is 4.79 Å². The summed E-state index contributed by atoms with van der Waals surface area (Å²) in [7, 11) is 1.69. The van der Waals surface area contributed by atoms with Gasteiger partial charge in [0.2, 0.25) is 5.91 Å². The van der Waals surface area contributed by atoms with Gasteiger partial charge in [0, 0.05) is 44.7 Å². The van der Waals surface area contributed by atoms with E-state index in [1.165, 1.54) is 5.56 Å². The summed E-state index contributed by atoms with van der Waals surface area (Å²) in [4.78, 5) is 14.4. The number of para-hydroxylation sites is 1. The van der Waals surface area contributed by atoms with E-state index < -0.39 is 0 Å². The van der Waals surface area contributed by atoms with E-state index in [1.54, 1.807) is 7.11 Å². The molecule has 2 aliphatic heterocycles. The maximum Gasteiger partial charge on any atom is 0.222 e. The molecule has 126 valence electrons. The number of amides is 1. The third-order valence-corrected chi connectivity index (χ3v) is 4.91. The Morgan fingerprint density at radius 2 is 2.21 bits per heavy atom. The number of hydrogen-bond donors (Lipinski definition) is 0. The molecule has 1 atom stereocenters. The van der Waals surface area contributed by atoms with E-state index in [2.05, 4.69) is 22.2 Å². The van der Waals surface area contributed by atoms with E-state index >= 15 is 0 Å². The van der Waals surface area contributed by atoms with Crippen molar-refractivity contribution in [2.45, 2.75) is 43.7 Å². The Labute approximate surface area is 143 Å². The van der Waals surface area contributed by atoms with Gasteiger partial charge in [-0.3, -0.25) is 4.79 Å². The number of hydrogen-bond acceptors (Lipinski definition) is 4. The van der Waals surface area contributed by atoms with Crippen molar-refractivity contribution < 1.29 is 9.53 Å². The van der Waals surface area contributed by atoms with Crippen molar-refractivity contribution in [1.29, 1.82) is 0 Å². The molecule has 0 radical (unpaired) electrons. The molecule has 1 saturated heterocycles. The number of benzene rings is 1. The summed E-state index contributed by atoms with van der Waals surface area (Å²) in [6.45, 7) is 1.55. The molecule has 1 unspecified atom stereocenters. The van der Waals surface area contributed by atoms with Crippen LogP contribution in [-0.4, -0.2) is 36.7 Å². The molecule has 0 bridgehead atoms. The molecule has 0 aliphatic carbocycles. The van der Waals surface area contributed by atoms with Gasteiger partial charge in [-0.2, -0.15) is 10.2 Å². The van der Waals surface area contributed by atoms with E-state index in [0.717, 1.165) is 31.7 Å². The number of nitrogens with zero attached hydrogens (tertiary/aromatic N) is 3. The monoisotopic (exact) mass is 325 g/mol. The summed E-state index contributed by atoms with van der Waals surface area (Å²) in [6, 6.07) is 8.06. The normalized spacial score (nSPS) is 20.7. The molecule has 0 aromatic heterocycles. The van der Waals surface area contributed by atoms with Gasteiger partial charge in [0.25, 0.3) is 0 Å². The lowest BCUT2D eigenvalue weighted by Gasteiger charge is -2.18. The number of carbonyl (C=O) groups is 1. The molecule has 1 amide bonds. The largest absolute Gasteiger partial charge is 0.496 e. The highest BCUT2D eigenvalue weighted by atomic mass is 16.5. The van der Waals surface area contributed by atoms with Gasteiger partial charge < -0.3 is 9.64 Å². The third kappa shape index (κ3) is 3.59. The lowest BCUT2D eigenvalue weighted by molar-refractivity contribution is -0.130. The smallest absolute Gasteiger partial charge is 0.222 e. The van der Waals surface area contributed by atoms with Crippen molar-refractivity contribution >= 4 is 5.91 Å². The van der Waals surface area contributed by atoms with Gasteiger partial charge in [-0.15, -0.1) is 12.3 Å². The van der Waals surface area contributed by atoms with Crippen molar-refractivity contribution in [3.05, 3.63) is 29.8 Å². The van der Waals surface area contributed by atoms with E-state index in [-0.39, 0.29) is 11.6 Å². The van der Waals surface area contributed by atoms with Crippen LogP contribution in [0.5, 0.6) is 5.75 Å². The fraction of sp³-hybridized carbons (Fsp3) is 0.526. The Morgan fingerprint density at radius 3 is 2.92 bits per heavy atom. The summed E-state index contributed by atoms with van der Waals surface area (Å²) in [5, 5.41) is 8.19. The first-order valence-electron chi connectivity index (χ1n) is 8.46. The van der Waals surface area contributed by atoms with Crippen LogP contribution in [0.3, 0.4) is 0 Å². The molecule has 1 aromatic rings. The van der Waals surface area contributed by atoms with Crippen LogP contribution < -0.4 is 4.74 Å². The number of terminal acetylenes is 1. The molecule has 0 N–H and O–H groups in total. The van der Waals surface area contributed by atoms with Gasteiger partial charge in [0.15, 0.2) is 5.66 Å². The standard InChI is InChI=1S/C19H23N3O2/c1-3-4-11-19(20-21-19)12-9-18(23)22-13-10-15(14-22)16-7-5-6-8-17(16)24-2/h1,5-8,15H,4,9-14H2,2H3. The predicted molar refractivity (Wildman–Crippen MR) is 91.8 cm³/mol. The quantitative estimate of drug-likeness (QED) is 0.722. The average molecular weight is 325 g/mol. The van der Waals surface area contributed by atoms with Gasteiger partial charge in [-0.05, 0) is 18.1 Å². The van der Waals surface area contributed by atoms with Gasteiger partial charge in [0.1, 0.15) is 5.75 Å². The number of rotatable bonds is 7. The minimum absolute atomic E-state index is 0.185. The summed E-state index contributed by atoms with van der Waals surface area (Å²) < 4.78 is 5.45. The van der Waals surface area contributed by atoms with Gasteiger partial charge in [0.05, 0.1) is 7.11 Å². The summed E-state index contributed by atoms with van der Waals surface area (Å²) in [6.07, 6.45) is 8.83. The zero-order valence-electron chi connectivity index (χ0n) is 14.1. The maximum atomic E-state index is 12.5. The first kappa shape index (κ1) is 16.5. The summed E-state index contributed by atoms with van der Waals surface area (Å²) >= 11 is 0. The molecule has 1 aromatic carbocycles. The van der Waals surface area contributed by atoms with Gasteiger partial charge >= 0.3 is 0 Å². The van der Waals surface area contributed by atoms with E-state index in [1.807, 2.05) is 23.1 Å². The van der Waals surface area contributed by atoms with Crippen LogP contribution >= 0.6 is 0 Å². The van der Waals surface area contributed by atoms with E-state index in [0.29, 0.717) is 25.2 Å². The Hall–Kier alpha value is -2.35. The maximum absolute atomic E-state index is 12.5. The van der Waals surface area contributed by atoms with Crippen molar-refractivity contribution in [3.8, 4) is 18.1 Å². The molecule has 5 heteroatoms. The molecular formula is C19H23N3O2. The van der Waals surface area contributed by atoms with Crippen LogP contribution in [-0.2, 0) is 4.79 Å². The van der Waals surface area contributed by atoms with E-state index in [4.69, 9.17) is 11.2 Å². The minimum Gasteiger partial charge on any atom is -0.496 e. The molecule has 24 heavy (non-hydrogen) atoms. The van der Waals surface area contributed by atoms with Crippen LogP contribution in [0.25, 0.3) is 0 Å². The number of carbonyl (C=O) groups excluding carboxylic acids is 1. The lowest BCUT2D eigenvalue weighted by atomic mass is 9.97. The fourth-order valence-corrected chi connectivity index (χ4v) is 3.38. The molecule has 0 saturated carbocycles. The van der Waals surface area contributed by atoms with Crippen LogP contribution in [0.4, 0.5) is 0 Å². The Balaban J connectivity index is 1.52. The molecule has 2 aliphatic rings. The van der Waals surface area contributed by atoms with Crippen LogP contribution in [0.2, 0.25) is 0 Å². The SMILES string of the molecule is C#CCCC1(CCC(=O)N2CCC(c3ccccc3OC)C2)N=N1. The van der Waals surface area contributed by atoms with Crippen LogP contribution in [0, 0.1) is 12.3 Å². The Kier molecular flexibility index (Phi) is 4.84.